The van der Waals surface area contributed by atoms with Crippen LogP contribution in [0.1, 0.15) is 18.2 Å². The summed E-state index contributed by atoms with van der Waals surface area (Å²) in [5, 5.41) is 16.2. The number of benzene rings is 1. The highest BCUT2D eigenvalue weighted by molar-refractivity contribution is 7.20. The molecule has 0 spiro atoms. The van der Waals surface area contributed by atoms with Gasteiger partial charge in [0.05, 0.1) is 28.6 Å². The van der Waals surface area contributed by atoms with Crippen molar-refractivity contribution >= 4 is 40.2 Å². The van der Waals surface area contributed by atoms with E-state index in [-0.39, 0.29) is 6.42 Å². The molecule has 0 aliphatic rings. The Labute approximate surface area is 164 Å². The van der Waals surface area contributed by atoms with Crippen LogP contribution in [0.2, 0.25) is 0 Å². The number of nitriles is 1. The molecule has 0 radical (unpaired) electrons. The van der Waals surface area contributed by atoms with Gasteiger partial charge >= 0.3 is 5.97 Å². The summed E-state index contributed by atoms with van der Waals surface area (Å²) in [6, 6.07) is 12.4. The molecule has 0 bridgehead atoms. The fourth-order valence-corrected chi connectivity index (χ4v) is 3.89. The summed E-state index contributed by atoms with van der Waals surface area (Å²) in [5.74, 6) is -0.984. The third-order valence-corrected chi connectivity index (χ3v) is 5.48. The predicted octanol–water partition coefficient (Wildman–Crippen LogP) is 3.86. The van der Waals surface area contributed by atoms with Crippen LogP contribution < -0.4 is 5.32 Å². The second-order valence-electron chi connectivity index (χ2n) is 5.61. The highest BCUT2D eigenvalue weighted by Crippen LogP contribution is 2.28. The fourth-order valence-electron chi connectivity index (χ4n) is 2.25. The number of carbonyl (C=O) groups excluding carboxylic acids is 2. The molecule has 2 aromatic heterocycles. The molecule has 3 rings (SSSR count). The summed E-state index contributed by atoms with van der Waals surface area (Å²) >= 11 is 3.05. The van der Waals surface area contributed by atoms with Gasteiger partial charge < -0.3 is 10.1 Å². The lowest BCUT2D eigenvalue weighted by Gasteiger charge is -2.13. The topological polar surface area (TPSA) is 92.1 Å². The first kappa shape index (κ1) is 18.8. The number of esters is 1. The summed E-state index contributed by atoms with van der Waals surface area (Å²) in [5.41, 5.74) is 1.52. The standard InChI is InChI=1S/C19H15N3O3S2/c1-12(18(24)21-14-5-2-4-13(8-14)10-20)25-17(23)9-15-11-27-19(22-15)16-6-3-7-26-16/h2-8,11-12H,9H2,1H3,(H,21,24)/t12-/m1/s1. The van der Waals surface area contributed by atoms with Gasteiger partial charge in [0.15, 0.2) is 6.10 Å². The first-order valence-electron chi connectivity index (χ1n) is 8.04. The number of carbonyl (C=O) groups is 2. The van der Waals surface area contributed by atoms with Gasteiger partial charge in [-0.25, -0.2) is 4.98 Å². The molecule has 0 aliphatic carbocycles. The molecule has 1 N–H and O–H groups in total. The number of rotatable bonds is 6. The maximum atomic E-state index is 12.2. The molecule has 6 nitrogen and oxygen atoms in total. The van der Waals surface area contributed by atoms with E-state index >= 15 is 0 Å². The monoisotopic (exact) mass is 397 g/mol. The maximum absolute atomic E-state index is 12.2. The van der Waals surface area contributed by atoms with Crippen LogP contribution in [0.4, 0.5) is 5.69 Å². The van der Waals surface area contributed by atoms with Crippen molar-refractivity contribution in [2.24, 2.45) is 0 Å². The smallest absolute Gasteiger partial charge is 0.312 e. The zero-order valence-corrected chi connectivity index (χ0v) is 16.0. The molecule has 2 heterocycles. The normalized spacial score (nSPS) is 11.4. The Morgan fingerprint density at radius 3 is 2.89 bits per heavy atom. The number of anilines is 1. The molecule has 0 saturated heterocycles. The van der Waals surface area contributed by atoms with Crippen LogP contribution in [0.25, 0.3) is 9.88 Å². The minimum absolute atomic E-state index is 0.00339. The Morgan fingerprint density at radius 2 is 2.15 bits per heavy atom. The number of thiazole rings is 1. The maximum Gasteiger partial charge on any atom is 0.312 e. The Kier molecular flexibility index (Phi) is 5.96. The van der Waals surface area contributed by atoms with Crippen LogP contribution >= 0.6 is 22.7 Å². The number of ether oxygens (including phenoxy) is 1. The Balaban J connectivity index is 1.54. The minimum atomic E-state index is -0.960. The molecule has 8 heteroatoms. The van der Waals surface area contributed by atoms with Crippen molar-refractivity contribution in [1.29, 1.82) is 5.26 Å². The number of thiophene rings is 1. The van der Waals surface area contributed by atoms with E-state index in [0.717, 1.165) is 9.88 Å². The van der Waals surface area contributed by atoms with Gasteiger partial charge in [-0.3, -0.25) is 9.59 Å². The number of nitrogens with one attached hydrogen (secondary N) is 1. The van der Waals surface area contributed by atoms with Crippen LogP contribution in [-0.4, -0.2) is 23.0 Å². The Morgan fingerprint density at radius 1 is 1.30 bits per heavy atom. The minimum Gasteiger partial charge on any atom is -0.452 e. The molecule has 0 unspecified atom stereocenters. The summed E-state index contributed by atoms with van der Waals surface area (Å²) < 4.78 is 5.20. The van der Waals surface area contributed by atoms with Gasteiger partial charge in [0, 0.05) is 11.1 Å². The zero-order valence-electron chi connectivity index (χ0n) is 14.3. The SMILES string of the molecule is C[C@@H](OC(=O)Cc1csc(-c2cccs2)n1)C(=O)Nc1cccc(C#N)c1. The number of nitrogens with zero attached hydrogens (tertiary/aromatic N) is 2. The molecule has 3 aromatic rings. The van der Waals surface area contributed by atoms with Crippen molar-refractivity contribution in [2.45, 2.75) is 19.4 Å². The van der Waals surface area contributed by atoms with Gasteiger partial charge in [0.2, 0.25) is 0 Å². The molecule has 1 aromatic carbocycles. The number of hydrogen-bond donors (Lipinski definition) is 1. The van der Waals surface area contributed by atoms with Crippen molar-refractivity contribution in [3.63, 3.8) is 0 Å². The molecule has 136 valence electrons. The van der Waals surface area contributed by atoms with Gasteiger partial charge in [-0.2, -0.15) is 5.26 Å². The lowest BCUT2D eigenvalue weighted by molar-refractivity contribution is -0.152. The number of amides is 1. The molecule has 0 saturated carbocycles. The first-order chi connectivity index (χ1) is 13.0. The lowest BCUT2D eigenvalue weighted by Crippen LogP contribution is -2.30. The van der Waals surface area contributed by atoms with Crippen molar-refractivity contribution in [2.75, 3.05) is 5.32 Å². The molecular weight excluding hydrogens is 382 g/mol. The van der Waals surface area contributed by atoms with Crippen LogP contribution in [0, 0.1) is 11.3 Å². The average molecular weight is 397 g/mol. The quantitative estimate of drug-likeness (QED) is 0.638. The van der Waals surface area contributed by atoms with E-state index in [4.69, 9.17) is 10.00 Å². The van der Waals surface area contributed by atoms with E-state index in [1.54, 1.807) is 35.6 Å². The van der Waals surface area contributed by atoms with E-state index < -0.39 is 18.0 Å². The number of aromatic nitrogens is 1. The predicted molar refractivity (Wildman–Crippen MR) is 104 cm³/mol. The van der Waals surface area contributed by atoms with E-state index in [9.17, 15) is 9.59 Å². The highest BCUT2D eigenvalue weighted by Gasteiger charge is 2.19. The van der Waals surface area contributed by atoms with E-state index in [1.807, 2.05) is 29.0 Å². The van der Waals surface area contributed by atoms with Gasteiger partial charge in [-0.1, -0.05) is 12.1 Å². The van der Waals surface area contributed by atoms with Crippen molar-refractivity contribution in [1.82, 2.24) is 4.98 Å². The van der Waals surface area contributed by atoms with E-state index in [0.29, 0.717) is 16.9 Å². The van der Waals surface area contributed by atoms with Crippen LogP contribution in [0.3, 0.4) is 0 Å². The van der Waals surface area contributed by atoms with Crippen LogP contribution in [-0.2, 0) is 20.7 Å². The van der Waals surface area contributed by atoms with Gasteiger partial charge in [0.1, 0.15) is 5.01 Å². The largest absolute Gasteiger partial charge is 0.452 e. The summed E-state index contributed by atoms with van der Waals surface area (Å²) in [7, 11) is 0. The van der Waals surface area contributed by atoms with Crippen molar-refractivity contribution < 1.29 is 14.3 Å². The number of hydrogen-bond acceptors (Lipinski definition) is 7. The van der Waals surface area contributed by atoms with E-state index in [1.165, 1.54) is 18.3 Å². The molecular formula is C19H15N3O3S2. The second-order valence-corrected chi connectivity index (χ2v) is 7.42. The zero-order chi connectivity index (χ0) is 19.2. The van der Waals surface area contributed by atoms with Crippen molar-refractivity contribution in [3.8, 4) is 16.0 Å². The van der Waals surface area contributed by atoms with Crippen LogP contribution in [0.5, 0.6) is 0 Å². The molecule has 27 heavy (non-hydrogen) atoms. The van der Waals surface area contributed by atoms with Crippen LogP contribution in [0.15, 0.2) is 47.2 Å². The van der Waals surface area contributed by atoms with Gasteiger partial charge in [-0.15, -0.1) is 22.7 Å². The fraction of sp³-hybridized carbons (Fsp3) is 0.158. The summed E-state index contributed by atoms with van der Waals surface area (Å²) in [6.07, 6.45) is -0.956. The molecule has 0 fully saturated rings. The lowest BCUT2D eigenvalue weighted by atomic mass is 10.2. The molecule has 0 aliphatic heterocycles. The summed E-state index contributed by atoms with van der Waals surface area (Å²) in [4.78, 5) is 29.8. The van der Waals surface area contributed by atoms with Crippen molar-refractivity contribution in [3.05, 3.63) is 58.4 Å². The van der Waals surface area contributed by atoms with E-state index in [2.05, 4.69) is 10.3 Å². The van der Waals surface area contributed by atoms with Gasteiger partial charge in [-0.05, 0) is 36.6 Å². The highest BCUT2D eigenvalue weighted by atomic mass is 32.1. The molecule has 1 amide bonds. The Hall–Kier alpha value is -3.02. The second kappa shape index (κ2) is 8.58. The summed E-state index contributed by atoms with van der Waals surface area (Å²) in [6.45, 7) is 1.50. The Bertz CT molecular complexity index is 990. The third-order valence-electron chi connectivity index (χ3n) is 3.55. The molecule has 1 atom stereocenters. The average Bonchev–Trinajstić information content (AvgIpc) is 3.33. The third kappa shape index (κ3) is 5.00. The van der Waals surface area contributed by atoms with Gasteiger partial charge in [0.25, 0.3) is 5.91 Å². The first-order valence-corrected chi connectivity index (χ1v) is 9.80.